The van der Waals surface area contributed by atoms with Crippen LogP contribution in [-0.4, -0.2) is 65.2 Å². The molecule has 2 aromatic rings. The molecule has 2 heterocycles. The largest absolute Gasteiger partial charge is 0.302 e. The zero-order chi connectivity index (χ0) is 20.3. The van der Waals surface area contributed by atoms with Crippen LogP contribution in [0.15, 0.2) is 18.2 Å². The van der Waals surface area contributed by atoms with E-state index in [1.165, 1.54) is 11.3 Å². The number of hydrogen-bond acceptors (Lipinski definition) is 6. The molecule has 0 spiro atoms. The van der Waals surface area contributed by atoms with Crippen molar-refractivity contribution in [3.8, 4) is 0 Å². The van der Waals surface area contributed by atoms with Gasteiger partial charge in [-0.1, -0.05) is 31.3 Å². The number of likely N-dealkylation sites (N-methyl/N-ethyl adjacent to an activating group) is 1. The topological polar surface area (TPSA) is 73.8 Å². The molecule has 29 heavy (non-hydrogen) atoms. The van der Waals surface area contributed by atoms with Crippen molar-refractivity contribution >= 4 is 56.8 Å². The van der Waals surface area contributed by atoms with Gasteiger partial charge < -0.3 is 4.90 Å². The first-order valence-corrected chi connectivity index (χ1v) is 10.5. The van der Waals surface area contributed by atoms with E-state index < -0.39 is 0 Å². The van der Waals surface area contributed by atoms with Crippen LogP contribution in [0.3, 0.4) is 0 Å². The highest BCUT2D eigenvalue weighted by Crippen LogP contribution is 2.30. The van der Waals surface area contributed by atoms with Crippen molar-refractivity contribution in [2.24, 2.45) is 0 Å². The number of thiazole rings is 1. The highest BCUT2D eigenvalue weighted by molar-refractivity contribution is 7.22. The second-order valence-electron chi connectivity index (χ2n) is 6.91. The number of likely N-dealkylation sites (tertiary alicyclic amines) is 1. The number of amides is 3. The van der Waals surface area contributed by atoms with E-state index in [1.54, 1.807) is 4.90 Å². The number of halogens is 1. The van der Waals surface area contributed by atoms with Gasteiger partial charge in [-0.15, -0.1) is 12.4 Å². The van der Waals surface area contributed by atoms with E-state index in [1.807, 2.05) is 19.1 Å². The summed E-state index contributed by atoms with van der Waals surface area (Å²) in [7, 11) is 0. The smallest absolute Gasteiger partial charge is 0.248 e. The molecule has 0 unspecified atom stereocenters. The normalized spacial score (nSPS) is 14.0. The molecule has 1 aliphatic rings. The number of rotatable bonds is 8. The first kappa shape index (κ1) is 23.3. The van der Waals surface area contributed by atoms with Crippen LogP contribution in [0.2, 0.25) is 0 Å². The van der Waals surface area contributed by atoms with E-state index in [0.29, 0.717) is 18.2 Å². The summed E-state index contributed by atoms with van der Waals surface area (Å²) in [5.41, 5.74) is 1.98. The van der Waals surface area contributed by atoms with E-state index in [-0.39, 0.29) is 49.5 Å². The molecule has 1 aromatic carbocycles. The fourth-order valence-corrected chi connectivity index (χ4v) is 4.37. The van der Waals surface area contributed by atoms with Gasteiger partial charge in [0.15, 0.2) is 5.13 Å². The maximum atomic E-state index is 13.1. The number of aromatic nitrogens is 1. The van der Waals surface area contributed by atoms with Crippen LogP contribution < -0.4 is 4.90 Å². The highest BCUT2D eigenvalue weighted by Gasteiger charge is 2.32. The summed E-state index contributed by atoms with van der Waals surface area (Å²) in [5, 5.41) is 0.608. The second-order valence-corrected chi connectivity index (χ2v) is 7.92. The molecule has 9 heteroatoms. The van der Waals surface area contributed by atoms with Gasteiger partial charge in [-0.2, -0.15) is 0 Å². The lowest BCUT2D eigenvalue weighted by Crippen LogP contribution is -2.45. The number of hydrogen-bond donors (Lipinski definition) is 0. The van der Waals surface area contributed by atoms with Crippen molar-refractivity contribution in [3.05, 3.63) is 23.8 Å². The first-order chi connectivity index (χ1) is 13.4. The van der Waals surface area contributed by atoms with Crippen LogP contribution in [-0.2, 0) is 14.4 Å². The van der Waals surface area contributed by atoms with E-state index in [9.17, 15) is 14.4 Å². The number of fused-ring (bicyclic) bond motifs is 1. The van der Waals surface area contributed by atoms with Gasteiger partial charge in [0.05, 0.1) is 10.2 Å². The predicted octanol–water partition coefficient (Wildman–Crippen LogP) is 2.85. The Balaban J connectivity index is 0.00000300. The van der Waals surface area contributed by atoms with E-state index in [2.05, 4.69) is 29.8 Å². The Morgan fingerprint density at radius 1 is 1.14 bits per heavy atom. The molecule has 0 bridgehead atoms. The summed E-state index contributed by atoms with van der Waals surface area (Å²) >= 11 is 1.46. The SMILES string of the molecule is CCN(CC)CCN(C(=O)CN1C(=O)CCC1=O)c1nc2ccc(C)cc2s1.Cl. The zero-order valence-corrected chi connectivity index (χ0v) is 18.6. The molecule has 0 saturated carbocycles. The Morgan fingerprint density at radius 2 is 1.79 bits per heavy atom. The minimum absolute atomic E-state index is 0. The summed E-state index contributed by atoms with van der Waals surface area (Å²) in [6.07, 6.45) is 0.373. The van der Waals surface area contributed by atoms with Crippen LogP contribution in [0.5, 0.6) is 0 Å². The molecule has 3 amide bonds. The lowest BCUT2D eigenvalue weighted by atomic mass is 10.2. The lowest BCUT2D eigenvalue weighted by molar-refractivity contribution is -0.141. The number of benzene rings is 1. The van der Waals surface area contributed by atoms with Crippen molar-refractivity contribution in [3.63, 3.8) is 0 Å². The van der Waals surface area contributed by atoms with Gasteiger partial charge in [0.2, 0.25) is 17.7 Å². The molecule has 1 aliphatic heterocycles. The average molecular weight is 439 g/mol. The molecule has 0 aliphatic carbocycles. The van der Waals surface area contributed by atoms with Gasteiger partial charge in [0.1, 0.15) is 6.54 Å². The molecule has 1 aromatic heterocycles. The highest BCUT2D eigenvalue weighted by atomic mass is 35.5. The monoisotopic (exact) mass is 438 g/mol. The molecular weight excluding hydrogens is 412 g/mol. The van der Waals surface area contributed by atoms with E-state index in [0.717, 1.165) is 33.8 Å². The van der Waals surface area contributed by atoms with Crippen molar-refractivity contribution in [2.75, 3.05) is 37.6 Å². The van der Waals surface area contributed by atoms with Crippen molar-refractivity contribution in [2.45, 2.75) is 33.6 Å². The molecule has 0 radical (unpaired) electrons. The van der Waals surface area contributed by atoms with Crippen LogP contribution in [0.25, 0.3) is 10.2 Å². The number of imide groups is 1. The molecule has 1 saturated heterocycles. The van der Waals surface area contributed by atoms with E-state index in [4.69, 9.17) is 0 Å². The summed E-state index contributed by atoms with van der Waals surface area (Å²) in [6.45, 7) is 8.92. The molecule has 3 rings (SSSR count). The number of anilines is 1. The first-order valence-electron chi connectivity index (χ1n) is 9.66. The number of carbonyl (C=O) groups excluding carboxylic acids is 3. The molecular formula is C20H27ClN4O3S. The molecule has 1 fully saturated rings. The predicted molar refractivity (Wildman–Crippen MR) is 118 cm³/mol. The van der Waals surface area contributed by atoms with Crippen molar-refractivity contribution < 1.29 is 14.4 Å². The van der Waals surface area contributed by atoms with Crippen molar-refractivity contribution in [1.29, 1.82) is 0 Å². The van der Waals surface area contributed by atoms with Crippen LogP contribution in [0, 0.1) is 6.92 Å². The van der Waals surface area contributed by atoms with Gasteiger partial charge in [0.25, 0.3) is 0 Å². The standard InChI is InChI=1S/C20H26N4O3S.ClH/c1-4-22(5-2)10-11-23(19(27)13-24-17(25)8-9-18(24)26)20-21-15-7-6-14(3)12-16(15)28-20;/h6-7,12H,4-5,8-11,13H2,1-3H3;1H. The third-order valence-corrected chi connectivity index (χ3v) is 6.09. The lowest BCUT2D eigenvalue weighted by Gasteiger charge is -2.26. The Kier molecular flexibility index (Phi) is 8.13. The molecule has 0 atom stereocenters. The fraction of sp³-hybridized carbons (Fsp3) is 0.500. The summed E-state index contributed by atoms with van der Waals surface area (Å²) in [6, 6.07) is 6.00. The fourth-order valence-electron chi connectivity index (χ4n) is 3.26. The Morgan fingerprint density at radius 3 is 2.41 bits per heavy atom. The van der Waals surface area contributed by atoms with Crippen LogP contribution in [0.1, 0.15) is 32.3 Å². The van der Waals surface area contributed by atoms with Crippen LogP contribution in [0.4, 0.5) is 5.13 Å². The number of aryl methyl sites for hydroxylation is 1. The maximum Gasteiger partial charge on any atom is 0.248 e. The summed E-state index contributed by atoms with van der Waals surface area (Å²) < 4.78 is 1.02. The van der Waals surface area contributed by atoms with Gasteiger partial charge in [-0.3, -0.25) is 24.2 Å². The number of nitrogens with zero attached hydrogens (tertiary/aromatic N) is 4. The van der Waals surface area contributed by atoms with E-state index >= 15 is 0 Å². The molecule has 7 nitrogen and oxygen atoms in total. The minimum atomic E-state index is -0.276. The second kappa shape index (κ2) is 10.1. The molecule has 158 valence electrons. The van der Waals surface area contributed by atoms with Gasteiger partial charge in [0, 0.05) is 25.9 Å². The summed E-state index contributed by atoms with van der Waals surface area (Å²) in [4.78, 5) is 46.5. The van der Waals surface area contributed by atoms with Crippen LogP contribution >= 0.6 is 23.7 Å². The van der Waals surface area contributed by atoms with Gasteiger partial charge in [-0.05, 0) is 37.7 Å². The molecule has 0 N–H and O–H groups in total. The zero-order valence-electron chi connectivity index (χ0n) is 17.0. The van der Waals surface area contributed by atoms with Gasteiger partial charge >= 0.3 is 0 Å². The Hall–Kier alpha value is -2.03. The third kappa shape index (κ3) is 5.32. The van der Waals surface area contributed by atoms with Gasteiger partial charge in [-0.25, -0.2) is 4.98 Å². The Bertz CT molecular complexity index is 881. The quantitative estimate of drug-likeness (QED) is 0.592. The van der Waals surface area contributed by atoms with Crippen molar-refractivity contribution in [1.82, 2.24) is 14.8 Å². The summed E-state index contributed by atoms with van der Waals surface area (Å²) in [5.74, 6) is -0.824. The average Bonchev–Trinajstić information content (AvgIpc) is 3.22. The number of carbonyl (C=O) groups is 3. The third-order valence-electron chi connectivity index (χ3n) is 5.05. The minimum Gasteiger partial charge on any atom is -0.302 e. The Labute approximate surface area is 181 Å². The maximum absolute atomic E-state index is 13.1.